The van der Waals surface area contributed by atoms with Crippen molar-refractivity contribution in [2.45, 2.75) is 13.3 Å². The summed E-state index contributed by atoms with van der Waals surface area (Å²) in [6.07, 6.45) is 0.756. The first-order valence-corrected chi connectivity index (χ1v) is 8.15. The Morgan fingerprint density at radius 2 is 2.00 bits per heavy atom. The van der Waals surface area contributed by atoms with Crippen LogP contribution in [0.5, 0.6) is 0 Å². The van der Waals surface area contributed by atoms with Crippen molar-refractivity contribution in [3.63, 3.8) is 0 Å². The van der Waals surface area contributed by atoms with Crippen LogP contribution in [0.3, 0.4) is 0 Å². The van der Waals surface area contributed by atoms with E-state index >= 15 is 0 Å². The monoisotopic (exact) mass is 350 g/mol. The number of aromatic nitrogens is 2. The highest BCUT2D eigenvalue weighted by atomic mass is 35.5. The molecule has 0 aliphatic rings. The van der Waals surface area contributed by atoms with Gasteiger partial charge in [0.15, 0.2) is 5.82 Å². The van der Waals surface area contributed by atoms with E-state index in [2.05, 4.69) is 10.4 Å². The Bertz CT molecular complexity index is 954. The van der Waals surface area contributed by atoms with E-state index in [0.717, 1.165) is 17.8 Å². The highest BCUT2D eigenvalue weighted by Crippen LogP contribution is 2.20. The molecule has 0 saturated heterocycles. The normalized spacial score (nSPS) is 10.3. The van der Waals surface area contributed by atoms with E-state index in [1.165, 1.54) is 0 Å². The molecule has 1 amide bonds. The van der Waals surface area contributed by atoms with Gasteiger partial charge in [0.25, 0.3) is 5.91 Å². The number of amides is 1. The molecule has 0 spiro atoms. The average Bonchev–Trinajstić information content (AvgIpc) is 3.04. The van der Waals surface area contributed by atoms with Crippen molar-refractivity contribution in [2.24, 2.45) is 0 Å². The largest absolute Gasteiger partial charge is 0.305 e. The molecule has 1 heterocycles. The molecule has 0 unspecified atom stereocenters. The van der Waals surface area contributed by atoms with E-state index in [1.807, 2.05) is 37.3 Å². The van der Waals surface area contributed by atoms with Crippen LogP contribution in [0.15, 0.2) is 54.6 Å². The van der Waals surface area contributed by atoms with Crippen LogP contribution < -0.4 is 5.32 Å². The predicted molar refractivity (Wildman–Crippen MR) is 97.1 cm³/mol. The molecule has 1 aromatic heterocycles. The second kappa shape index (κ2) is 7.20. The lowest BCUT2D eigenvalue weighted by molar-refractivity contribution is 0.102. The summed E-state index contributed by atoms with van der Waals surface area (Å²) in [5, 5.41) is 16.7. The van der Waals surface area contributed by atoms with Crippen molar-refractivity contribution in [1.29, 1.82) is 5.26 Å². The highest BCUT2D eigenvalue weighted by molar-refractivity contribution is 6.30. The van der Waals surface area contributed by atoms with Gasteiger partial charge in [-0.2, -0.15) is 5.26 Å². The summed E-state index contributed by atoms with van der Waals surface area (Å²) >= 11 is 6.05. The van der Waals surface area contributed by atoms with E-state index in [4.69, 9.17) is 16.9 Å². The summed E-state index contributed by atoms with van der Waals surface area (Å²) in [6, 6.07) is 17.7. The highest BCUT2D eigenvalue weighted by Gasteiger charge is 2.12. The van der Waals surface area contributed by atoms with Crippen LogP contribution in [-0.2, 0) is 6.42 Å². The molecule has 0 radical (unpaired) electrons. The van der Waals surface area contributed by atoms with Crippen LogP contribution >= 0.6 is 11.6 Å². The first-order valence-electron chi connectivity index (χ1n) is 7.77. The van der Waals surface area contributed by atoms with Gasteiger partial charge in [0, 0.05) is 22.3 Å². The molecule has 0 bridgehead atoms. The minimum absolute atomic E-state index is 0.275. The second-order valence-corrected chi connectivity index (χ2v) is 5.85. The summed E-state index contributed by atoms with van der Waals surface area (Å²) in [5.74, 6) is 0.189. The van der Waals surface area contributed by atoms with Gasteiger partial charge in [0.05, 0.1) is 17.3 Å². The van der Waals surface area contributed by atoms with Gasteiger partial charge in [0.1, 0.15) is 0 Å². The van der Waals surface area contributed by atoms with Crippen molar-refractivity contribution < 1.29 is 4.79 Å². The maximum atomic E-state index is 12.3. The Balaban J connectivity index is 1.86. The smallest absolute Gasteiger partial charge is 0.256 e. The molecule has 0 fully saturated rings. The van der Waals surface area contributed by atoms with Gasteiger partial charge < -0.3 is 5.32 Å². The topological polar surface area (TPSA) is 70.7 Å². The number of anilines is 1. The molecule has 6 heteroatoms. The van der Waals surface area contributed by atoms with E-state index in [1.54, 1.807) is 35.0 Å². The predicted octanol–water partition coefficient (Wildman–Crippen LogP) is 4.21. The lowest BCUT2D eigenvalue weighted by Gasteiger charge is -2.06. The Kier molecular flexibility index (Phi) is 4.82. The molecule has 25 heavy (non-hydrogen) atoms. The molecular weight excluding hydrogens is 336 g/mol. The van der Waals surface area contributed by atoms with Crippen molar-refractivity contribution in [1.82, 2.24) is 9.78 Å². The lowest BCUT2D eigenvalue weighted by atomic mass is 10.1. The van der Waals surface area contributed by atoms with Crippen LogP contribution in [0.1, 0.15) is 28.5 Å². The van der Waals surface area contributed by atoms with Crippen LogP contribution in [-0.4, -0.2) is 15.7 Å². The number of benzene rings is 2. The number of nitrogens with zero attached hydrogens (tertiary/aromatic N) is 3. The van der Waals surface area contributed by atoms with Crippen LogP contribution in [0.4, 0.5) is 5.82 Å². The number of aryl methyl sites for hydroxylation is 1. The minimum atomic E-state index is -0.275. The molecule has 5 nitrogen and oxygen atoms in total. The van der Waals surface area contributed by atoms with Crippen molar-refractivity contribution in [2.75, 3.05) is 5.32 Å². The van der Waals surface area contributed by atoms with Crippen molar-refractivity contribution in [3.8, 4) is 11.8 Å². The van der Waals surface area contributed by atoms with Crippen LogP contribution in [0.25, 0.3) is 5.69 Å². The number of rotatable bonds is 4. The number of nitrogens with one attached hydrogen (secondary N) is 1. The Morgan fingerprint density at radius 1 is 1.24 bits per heavy atom. The maximum absolute atomic E-state index is 12.3. The molecule has 2 aromatic carbocycles. The maximum Gasteiger partial charge on any atom is 0.256 e. The van der Waals surface area contributed by atoms with Crippen molar-refractivity contribution >= 4 is 23.3 Å². The molecule has 0 atom stereocenters. The molecule has 3 rings (SSSR count). The lowest BCUT2D eigenvalue weighted by Crippen LogP contribution is -2.12. The molecule has 0 saturated carbocycles. The summed E-state index contributed by atoms with van der Waals surface area (Å²) in [4.78, 5) is 12.3. The molecule has 1 N–H and O–H groups in total. The molecule has 124 valence electrons. The van der Waals surface area contributed by atoms with E-state index in [9.17, 15) is 4.79 Å². The van der Waals surface area contributed by atoms with E-state index < -0.39 is 0 Å². The quantitative estimate of drug-likeness (QED) is 0.766. The number of carbonyl (C=O) groups is 1. The molecule has 0 aliphatic carbocycles. The van der Waals surface area contributed by atoms with Crippen LogP contribution in [0, 0.1) is 11.3 Å². The van der Waals surface area contributed by atoms with Gasteiger partial charge in [-0.05, 0) is 48.9 Å². The van der Waals surface area contributed by atoms with Crippen molar-refractivity contribution in [3.05, 3.63) is 76.4 Å². The third kappa shape index (κ3) is 3.70. The number of halogens is 1. The Hall–Kier alpha value is -3.10. The number of hydrogen-bond acceptors (Lipinski definition) is 3. The zero-order valence-corrected chi connectivity index (χ0v) is 14.3. The zero-order chi connectivity index (χ0) is 17.8. The summed E-state index contributed by atoms with van der Waals surface area (Å²) in [5.41, 5.74) is 2.77. The third-order valence-corrected chi connectivity index (χ3v) is 3.95. The summed E-state index contributed by atoms with van der Waals surface area (Å²) < 4.78 is 1.76. The standard InChI is InChI=1S/C19H15ClN4O/c1-2-16-11-18(23-24(16)17-5-3-4-15(20)10-17)22-19(25)14-8-6-13(12-21)7-9-14/h3-11H,2H2,1H3,(H,22,23,25). The molecule has 3 aromatic rings. The first-order chi connectivity index (χ1) is 12.1. The molecule has 0 aliphatic heterocycles. The third-order valence-electron chi connectivity index (χ3n) is 3.72. The SMILES string of the molecule is CCc1cc(NC(=O)c2ccc(C#N)cc2)nn1-c1cccc(Cl)c1. The fourth-order valence-electron chi connectivity index (χ4n) is 2.45. The van der Waals surface area contributed by atoms with Gasteiger partial charge in [-0.25, -0.2) is 4.68 Å². The fourth-order valence-corrected chi connectivity index (χ4v) is 2.63. The second-order valence-electron chi connectivity index (χ2n) is 5.41. The number of nitriles is 1. The summed E-state index contributed by atoms with van der Waals surface area (Å²) in [6.45, 7) is 2.02. The zero-order valence-electron chi connectivity index (χ0n) is 13.5. The fraction of sp³-hybridized carbons (Fsp3) is 0.105. The minimum Gasteiger partial charge on any atom is -0.305 e. The van der Waals surface area contributed by atoms with E-state index in [-0.39, 0.29) is 5.91 Å². The van der Waals surface area contributed by atoms with Crippen LogP contribution in [0.2, 0.25) is 5.02 Å². The Labute approximate surface area is 150 Å². The average molecular weight is 351 g/mol. The van der Waals surface area contributed by atoms with Gasteiger partial charge in [0.2, 0.25) is 0 Å². The first kappa shape index (κ1) is 16.7. The number of hydrogen-bond donors (Lipinski definition) is 1. The van der Waals surface area contributed by atoms with Gasteiger partial charge in [-0.1, -0.05) is 24.6 Å². The number of carbonyl (C=O) groups excluding carboxylic acids is 1. The van der Waals surface area contributed by atoms with Gasteiger partial charge in [-0.15, -0.1) is 5.10 Å². The van der Waals surface area contributed by atoms with E-state index in [0.29, 0.717) is 22.0 Å². The summed E-state index contributed by atoms with van der Waals surface area (Å²) in [7, 11) is 0. The van der Waals surface area contributed by atoms with Gasteiger partial charge >= 0.3 is 0 Å². The van der Waals surface area contributed by atoms with Gasteiger partial charge in [-0.3, -0.25) is 4.79 Å². The Morgan fingerprint density at radius 3 is 2.64 bits per heavy atom. The molecular formula is C19H15ClN4O.